The number of carbonyl (C=O) groups is 2. The number of hydrogen-bond acceptors (Lipinski definition) is 3. The molecule has 0 aliphatic heterocycles. The first-order chi connectivity index (χ1) is 9.42. The number of halogens is 1. The van der Waals surface area contributed by atoms with Crippen LogP contribution in [0.4, 0.5) is 4.79 Å². The molecule has 0 bridgehead atoms. The van der Waals surface area contributed by atoms with Crippen LogP contribution in [0.1, 0.15) is 19.4 Å². The van der Waals surface area contributed by atoms with Crippen LogP contribution in [-0.2, 0) is 11.3 Å². The Kier molecular flexibility index (Phi) is 6.48. The van der Waals surface area contributed by atoms with Crippen molar-refractivity contribution < 1.29 is 9.59 Å². The van der Waals surface area contributed by atoms with Crippen molar-refractivity contribution in [2.75, 3.05) is 13.6 Å². The van der Waals surface area contributed by atoms with Crippen molar-refractivity contribution in [2.24, 2.45) is 0 Å². The fourth-order valence-electron chi connectivity index (χ4n) is 1.70. The van der Waals surface area contributed by atoms with E-state index < -0.39 is 6.03 Å². The minimum absolute atomic E-state index is 0.150. The van der Waals surface area contributed by atoms with Gasteiger partial charge in [-0.3, -0.25) is 15.0 Å². The summed E-state index contributed by atoms with van der Waals surface area (Å²) >= 11 is 5.95. The molecule has 0 heterocycles. The number of hydrogen-bond donors (Lipinski definition) is 2. The van der Waals surface area contributed by atoms with Crippen molar-refractivity contribution >= 4 is 23.5 Å². The molecule has 0 spiro atoms. The summed E-state index contributed by atoms with van der Waals surface area (Å²) in [7, 11) is 1.47. The van der Waals surface area contributed by atoms with Crippen molar-refractivity contribution in [1.82, 2.24) is 15.5 Å². The summed E-state index contributed by atoms with van der Waals surface area (Å²) in [5, 5.41) is 5.27. The zero-order valence-electron chi connectivity index (χ0n) is 11.9. The number of amides is 3. The first-order valence-corrected chi connectivity index (χ1v) is 6.80. The van der Waals surface area contributed by atoms with Crippen molar-refractivity contribution in [3.05, 3.63) is 34.9 Å². The van der Waals surface area contributed by atoms with Crippen LogP contribution >= 0.6 is 11.6 Å². The first-order valence-electron chi connectivity index (χ1n) is 6.42. The molecule has 2 N–H and O–H groups in total. The highest BCUT2D eigenvalue weighted by atomic mass is 35.5. The monoisotopic (exact) mass is 297 g/mol. The summed E-state index contributed by atoms with van der Waals surface area (Å²) in [5.74, 6) is -0.333. The second kappa shape index (κ2) is 7.87. The molecule has 1 rings (SSSR count). The number of nitrogens with zero attached hydrogens (tertiary/aromatic N) is 1. The molecule has 1 aromatic carbocycles. The Hall–Kier alpha value is -1.59. The average molecular weight is 298 g/mol. The van der Waals surface area contributed by atoms with Gasteiger partial charge in [0.2, 0.25) is 5.91 Å². The average Bonchev–Trinajstić information content (AvgIpc) is 2.37. The van der Waals surface area contributed by atoms with Gasteiger partial charge in [0.05, 0.1) is 6.54 Å². The van der Waals surface area contributed by atoms with Gasteiger partial charge in [0.1, 0.15) is 0 Å². The Morgan fingerprint density at radius 3 is 2.60 bits per heavy atom. The molecule has 3 amide bonds. The maximum absolute atomic E-state index is 11.7. The molecule has 1 aromatic rings. The van der Waals surface area contributed by atoms with Gasteiger partial charge < -0.3 is 5.32 Å². The predicted molar refractivity (Wildman–Crippen MR) is 79.6 cm³/mol. The van der Waals surface area contributed by atoms with Crippen LogP contribution < -0.4 is 10.6 Å². The molecule has 0 aliphatic rings. The van der Waals surface area contributed by atoms with E-state index in [1.807, 2.05) is 43.0 Å². The van der Waals surface area contributed by atoms with Gasteiger partial charge in [0.25, 0.3) is 0 Å². The van der Waals surface area contributed by atoms with Gasteiger partial charge in [-0.15, -0.1) is 0 Å². The van der Waals surface area contributed by atoms with Gasteiger partial charge in [-0.05, 0) is 31.5 Å². The fourth-order valence-corrected chi connectivity index (χ4v) is 1.92. The predicted octanol–water partition coefficient (Wildman–Crippen LogP) is 2.01. The summed E-state index contributed by atoms with van der Waals surface area (Å²) in [4.78, 5) is 24.8. The van der Waals surface area contributed by atoms with Crippen LogP contribution in [0.3, 0.4) is 0 Å². The molecule has 0 atom stereocenters. The first kappa shape index (κ1) is 16.5. The third-order valence-corrected chi connectivity index (χ3v) is 3.07. The van der Waals surface area contributed by atoms with Gasteiger partial charge in [-0.1, -0.05) is 23.7 Å². The molecular formula is C14H20ClN3O2. The Labute approximate surface area is 124 Å². The van der Waals surface area contributed by atoms with Crippen molar-refractivity contribution in [3.63, 3.8) is 0 Å². The van der Waals surface area contributed by atoms with E-state index in [9.17, 15) is 9.59 Å². The molecule has 0 aromatic heterocycles. The van der Waals surface area contributed by atoms with Crippen molar-refractivity contribution in [2.45, 2.75) is 26.4 Å². The van der Waals surface area contributed by atoms with Crippen molar-refractivity contribution in [1.29, 1.82) is 0 Å². The van der Waals surface area contributed by atoms with Crippen LogP contribution in [0.25, 0.3) is 0 Å². The van der Waals surface area contributed by atoms with Gasteiger partial charge in [0, 0.05) is 24.7 Å². The second-order valence-corrected chi connectivity index (χ2v) is 5.19. The summed E-state index contributed by atoms with van der Waals surface area (Å²) in [5.41, 5.74) is 1.03. The standard InChI is InChI=1S/C14H20ClN3O2/c1-10(2)18(9-13(19)17-14(20)16-3)8-11-5-4-6-12(15)7-11/h4-7,10H,8-9H2,1-3H3,(H2,16,17,19,20). The highest BCUT2D eigenvalue weighted by molar-refractivity contribution is 6.30. The highest BCUT2D eigenvalue weighted by Gasteiger charge is 2.16. The van der Waals surface area contributed by atoms with E-state index in [0.29, 0.717) is 11.6 Å². The van der Waals surface area contributed by atoms with Crippen LogP contribution in [0.15, 0.2) is 24.3 Å². The van der Waals surface area contributed by atoms with Crippen molar-refractivity contribution in [3.8, 4) is 0 Å². The number of nitrogens with one attached hydrogen (secondary N) is 2. The number of urea groups is 1. The molecule has 20 heavy (non-hydrogen) atoms. The third kappa shape index (κ3) is 5.59. The number of carbonyl (C=O) groups excluding carboxylic acids is 2. The highest BCUT2D eigenvalue weighted by Crippen LogP contribution is 2.13. The largest absolute Gasteiger partial charge is 0.341 e. The minimum Gasteiger partial charge on any atom is -0.341 e. The summed E-state index contributed by atoms with van der Waals surface area (Å²) < 4.78 is 0. The molecule has 110 valence electrons. The topological polar surface area (TPSA) is 61.4 Å². The Bertz CT molecular complexity index is 477. The smallest absolute Gasteiger partial charge is 0.321 e. The Morgan fingerprint density at radius 1 is 1.35 bits per heavy atom. The van der Waals surface area contributed by atoms with E-state index in [2.05, 4.69) is 10.6 Å². The van der Waals surface area contributed by atoms with E-state index >= 15 is 0 Å². The fraction of sp³-hybridized carbons (Fsp3) is 0.429. The molecule has 0 radical (unpaired) electrons. The van der Waals surface area contributed by atoms with Gasteiger partial charge in [-0.25, -0.2) is 4.79 Å². The quantitative estimate of drug-likeness (QED) is 0.874. The molecule has 6 heteroatoms. The summed E-state index contributed by atoms with van der Waals surface area (Å²) in [6, 6.07) is 7.18. The van der Waals surface area contributed by atoms with Gasteiger partial charge >= 0.3 is 6.03 Å². The lowest BCUT2D eigenvalue weighted by Gasteiger charge is -2.25. The lowest BCUT2D eigenvalue weighted by Crippen LogP contribution is -2.45. The number of imide groups is 1. The zero-order valence-corrected chi connectivity index (χ0v) is 12.7. The Balaban J connectivity index is 2.65. The second-order valence-electron chi connectivity index (χ2n) is 4.76. The molecule has 5 nitrogen and oxygen atoms in total. The molecular weight excluding hydrogens is 278 g/mol. The summed E-state index contributed by atoms with van der Waals surface area (Å²) in [6.07, 6.45) is 0. The van der Waals surface area contributed by atoms with Crippen LogP contribution in [0, 0.1) is 0 Å². The maximum atomic E-state index is 11.7. The third-order valence-electron chi connectivity index (χ3n) is 2.83. The van der Waals surface area contributed by atoms with E-state index in [0.717, 1.165) is 5.56 Å². The maximum Gasteiger partial charge on any atom is 0.321 e. The Morgan fingerprint density at radius 2 is 2.05 bits per heavy atom. The van der Waals surface area contributed by atoms with E-state index in [4.69, 9.17) is 11.6 Å². The lowest BCUT2D eigenvalue weighted by atomic mass is 10.2. The molecule has 0 saturated heterocycles. The lowest BCUT2D eigenvalue weighted by molar-refractivity contribution is -0.121. The molecule has 0 unspecified atom stereocenters. The molecule has 0 fully saturated rings. The normalized spacial score (nSPS) is 10.7. The van der Waals surface area contributed by atoms with E-state index in [-0.39, 0.29) is 18.5 Å². The van der Waals surface area contributed by atoms with E-state index in [1.165, 1.54) is 7.05 Å². The van der Waals surface area contributed by atoms with E-state index in [1.54, 1.807) is 0 Å². The number of benzene rings is 1. The zero-order chi connectivity index (χ0) is 15.1. The van der Waals surface area contributed by atoms with Gasteiger partial charge in [-0.2, -0.15) is 0 Å². The molecule has 0 saturated carbocycles. The van der Waals surface area contributed by atoms with Crippen LogP contribution in [-0.4, -0.2) is 36.5 Å². The minimum atomic E-state index is -0.499. The molecule has 0 aliphatic carbocycles. The van der Waals surface area contributed by atoms with Gasteiger partial charge in [0.15, 0.2) is 0 Å². The van der Waals surface area contributed by atoms with Crippen LogP contribution in [0.5, 0.6) is 0 Å². The summed E-state index contributed by atoms with van der Waals surface area (Å²) in [6.45, 7) is 4.74. The SMILES string of the molecule is CNC(=O)NC(=O)CN(Cc1cccc(Cl)c1)C(C)C. The van der Waals surface area contributed by atoms with Crippen LogP contribution in [0.2, 0.25) is 5.02 Å². The number of rotatable bonds is 5.